The number of carboxylic acids is 1. The van der Waals surface area contributed by atoms with Gasteiger partial charge in [-0.3, -0.25) is 34.0 Å². The minimum absolute atomic E-state index is 0. The van der Waals surface area contributed by atoms with E-state index in [1.807, 2.05) is 0 Å². The van der Waals surface area contributed by atoms with Crippen molar-refractivity contribution in [3.8, 4) is 0 Å². The highest BCUT2D eigenvalue weighted by molar-refractivity contribution is 5.92. The van der Waals surface area contributed by atoms with Gasteiger partial charge in [0.15, 0.2) is 11.9 Å². The molecule has 1 heterocycles. The van der Waals surface area contributed by atoms with Crippen LogP contribution in [0.5, 0.6) is 0 Å². The lowest BCUT2D eigenvalue weighted by Crippen LogP contribution is -2.42. The normalized spacial score (nSPS) is 13.2. The van der Waals surface area contributed by atoms with Crippen LogP contribution in [0, 0.1) is 0 Å². The molecule has 0 unspecified atom stereocenters. The Labute approximate surface area is 296 Å². The van der Waals surface area contributed by atoms with Gasteiger partial charge >= 0.3 is 29.8 Å². The summed E-state index contributed by atoms with van der Waals surface area (Å²) in [6.07, 6.45) is 2.26. The van der Waals surface area contributed by atoms with Gasteiger partial charge in [-0.25, -0.2) is 4.79 Å². The van der Waals surface area contributed by atoms with Crippen LogP contribution < -0.4 is 33.2 Å². The van der Waals surface area contributed by atoms with Crippen molar-refractivity contribution in [3.05, 3.63) is 0 Å². The molecule has 1 amide bonds. The first-order chi connectivity index (χ1) is 23.1. The molecule has 0 aromatic rings. The third kappa shape index (κ3) is 32.0. The van der Waals surface area contributed by atoms with Crippen molar-refractivity contribution >= 4 is 47.7 Å². The highest BCUT2D eigenvalue weighted by Gasteiger charge is 2.21. The Balaban J connectivity index is -0.000000311. The molecule has 19 nitrogen and oxygen atoms in total. The van der Waals surface area contributed by atoms with E-state index in [0.29, 0.717) is 38.3 Å². The molecule has 19 heteroatoms. The number of rotatable bonds is 17. The Kier molecular flexibility index (Phi) is 35.9. The predicted octanol–water partition coefficient (Wildman–Crippen LogP) is -0.541. The second-order valence-electron chi connectivity index (χ2n) is 9.99. The van der Waals surface area contributed by atoms with Crippen molar-refractivity contribution in [2.45, 2.75) is 91.6 Å². The Morgan fingerprint density at radius 2 is 1.28 bits per heavy atom. The van der Waals surface area contributed by atoms with Gasteiger partial charge in [0.25, 0.3) is 0 Å². The van der Waals surface area contributed by atoms with Crippen LogP contribution in [0.2, 0.25) is 0 Å². The molecule has 1 rings (SSSR count). The van der Waals surface area contributed by atoms with Crippen LogP contribution in [-0.2, 0) is 43.0 Å². The summed E-state index contributed by atoms with van der Waals surface area (Å²) in [4.78, 5) is 74.2. The second-order valence-corrected chi connectivity index (χ2v) is 9.99. The molecular formula is C31H63N9O10. The van der Waals surface area contributed by atoms with Gasteiger partial charge in [0.05, 0.1) is 33.5 Å². The number of nitrogens with one attached hydrogen (secondary N) is 3. The van der Waals surface area contributed by atoms with Crippen molar-refractivity contribution in [3.63, 3.8) is 0 Å². The molecule has 2 atom stereocenters. The fourth-order valence-corrected chi connectivity index (χ4v) is 3.47. The SMILES string of the molecule is C.CCN(CC)CC.CN=C(N)NCCC[C@H](N)C(=O)OC.CN=C(N)NCCC[C@H](NC(=O)CCC(=O)O)C(=O)OC.O=C1CCC(=O)O1. The number of hydrogen-bond acceptors (Lipinski definition) is 13. The number of amides is 1. The highest BCUT2D eigenvalue weighted by atomic mass is 16.6. The van der Waals surface area contributed by atoms with Crippen LogP contribution in [0.1, 0.15) is 79.6 Å². The number of nitrogens with zero attached hydrogens (tertiary/aromatic N) is 3. The minimum Gasteiger partial charge on any atom is -0.481 e. The Morgan fingerprint density at radius 1 is 0.840 bits per heavy atom. The van der Waals surface area contributed by atoms with Crippen LogP contribution in [0.15, 0.2) is 9.98 Å². The third-order valence-corrected chi connectivity index (χ3v) is 6.45. The van der Waals surface area contributed by atoms with Gasteiger partial charge < -0.3 is 57.4 Å². The molecule has 0 aliphatic carbocycles. The molecule has 1 fully saturated rings. The summed E-state index contributed by atoms with van der Waals surface area (Å²) in [5, 5.41) is 16.6. The van der Waals surface area contributed by atoms with Crippen molar-refractivity contribution in [2.75, 3.05) is 61.0 Å². The van der Waals surface area contributed by atoms with E-state index in [1.165, 1.54) is 33.9 Å². The average Bonchev–Trinajstić information content (AvgIpc) is 3.49. The number of ether oxygens (including phenoxy) is 3. The number of carboxylic acid groups (broad SMARTS) is 1. The maximum absolute atomic E-state index is 11.5. The first-order valence-electron chi connectivity index (χ1n) is 16.0. The monoisotopic (exact) mass is 721 g/mol. The lowest BCUT2D eigenvalue weighted by molar-refractivity contribution is -0.152. The summed E-state index contributed by atoms with van der Waals surface area (Å²) in [6, 6.07) is -1.36. The number of esters is 4. The number of methoxy groups -OCH3 is 2. The number of cyclic esters (lactones) is 2. The van der Waals surface area contributed by atoms with Gasteiger partial charge in [-0.1, -0.05) is 28.2 Å². The van der Waals surface area contributed by atoms with Crippen LogP contribution >= 0.6 is 0 Å². The Bertz CT molecular complexity index is 1020. The van der Waals surface area contributed by atoms with Crippen LogP contribution in [0.3, 0.4) is 0 Å². The Morgan fingerprint density at radius 3 is 1.60 bits per heavy atom. The van der Waals surface area contributed by atoms with Gasteiger partial charge in [-0.05, 0) is 45.3 Å². The molecule has 292 valence electrons. The molecule has 50 heavy (non-hydrogen) atoms. The van der Waals surface area contributed by atoms with E-state index in [1.54, 1.807) is 14.1 Å². The molecule has 0 aromatic carbocycles. The summed E-state index contributed by atoms with van der Waals surface area (Å²) < 4.78 is 13.2. The molecule has 0 aromatic heterocycles. The quantitative estimate of drug-likeness (QED) is 0.0248. The lowest BCUT2D eigenvalue weighted by Gasteiger charge is -2.16. The Hall–Kier alpha value is -4.52. The number of carbonyl (C=O) groups is 6. The van der Waals surface area contributed by atoms with E-state index in [-0.39, 0.29) is 45.0 Å². The lowest BCUT2D eigenvalue weighted by atomic mass is 10.1. The van der Waals surface area contributed by atoms with Crippen molar-refractivity contribution in [1.82, 2.24) is 20.9 Å². The van der Waals surface area contributed by atoms with E-state index in [0.717, 1.165) is 6.42 Å². The number of aliphatic carboxylic acids is 1. The molecule has 0 saturated carbocycles. The maximum Gasteiger partial charge on any atom is 0.328 e. The van der Waals surface area contributed by atoms with Gasteiger partial charge in [0, 0.05) is 33.6 Å². The van der Waals surface area contributed by atoms with E-state index >= 15 is 0 Å². The van der Waals surface area contributed by atoms with E-state index < -0.39 is 41.9 Å². The zero-order valence-electron chi connectivity index (χ0n) is 30.0. The van der Waals surface area contributed by atoms with Gasteiger partial charge in [-0.2, -0.15) is 0 Å². The van der Waals surface area contributed by atoms with Gasteiger partial charge in [0.2, 0.25) is 5.91 Å². The molecule has 1 aliphatic rings. The standard InChI is InChI=1S/C12H22N4O5.C8H18N4O2.C6H15N.C4H4O3.CH4/c1-14-12(13)15-7-3-4-8(11(20)21-2)16-9(17)5-6-10(18)19;1-11-8(10)12-5-3-4-6(9)7(13)14-2;1-4-7(5-2)6-3;5-3-1-2-4(6)7-3;/h8H,3-7H2,1-2H3,(H,16,17)(H,18,19)(H3,13,14,15);6H,3-5,9H2,1-2H3,(H3,10,11,12);4-6H2,1-3H3;1-2H2;1H4/t8-;6-;;;/m00.../s1. The molecular weight excluding hydrogens is 658 g/mol. The smallest absolute Gasteiger partial charge is 0.328 e. The zero-order valence-corrected chi connectivity index (χ0v) is 30.0. The second kappa shape index (κ2) is 34.3. The van der Waals surface area contributed by atoms with E-state index in [9.17, 15) is 28.8 Å². The van der Waals surface area contributed by atoms with Crippen LogP contribution in [0.25, 0.3) is 0 Å². The molecule has 10 N–H and O–H groups in total. The fraction of sp³-hybridized carbons (Fsp3) is 0.742. The molecule has 0 bridgehead atoms. The van der Waals surface area contributed by atoms with Crippen molar-refractivity contribution in [2.24, 2.45) is 27.2 Å². The fourth-order valence-electron chi connectivity index (χ4n) is 3.47. The van der Waals surface area contributed by atoms with E-state index in [4.69, 9.17) is 22.3 Å². The highest BCUT2D eigenvalue weighted by Crippen LogP contribution is 2.04. The predicted molar refractivity (Wildman–Crippen MR) is 191 cm³/mol. The third-order valence-electron chi connectivity index (χ3n) is 6.45. The number of hydrogen-bond donors (Lipinski definition) is 7. The van der Waals surface area contributed by atoms with E-state index in [2.05, 4.69) is 65.8 Å². The average molecular weight is 722 g/mol. The number of guanidine groups is 2. The largest absolute Gasteiger partial charge is 0.481 e. The topological polar surface area (TPSA) is 292 Å². The van der Waals surface area contributed by atoms with Gasteiger partial charge in [0.1, 0.15) is 12.1 Å². The first kappa shape index (κ1) is 52.3. The number of nitrogens with two attached hydrogens (primary N) is 3. The van der Waals surface area contributed by atoms with Crippen LogP contribution in [-0.4, -0.2) is 131 Å². The molecule has 0 radical (unpaired) electrons. The number of carbonyl (C=O) groups excluding carboxylic acids is 5. The minimum atomic E-state index is -1.07. The summed E-state index contributed by atoms with van der Waals surface area (Å²) in [5.41, 5.74) is 16.4. The molecule has 1 aliphatic heterocycles. The summed E-state index contributed by atoms with van der Waals surface area (Å²) in [6.45, 7) is 11.3. The van der Waals surface area contributed by atoms with Crippen molar-refractivity contribution in [1.29, 1.82) is 0 Å². The molecule has 1 saturated heterocycles. The van der Waals surface area contributed by atoms with Crippen molar-refractivity contribution < 1.29 is 48.1 Å². The summed E-state index contributed by atoms with van der Waals surface area (Å²) >= 11 is 0. The molecule has 0 spiro atoms. The van der Waals surface area contributed by atoms with Gasteiger partial charge in [-0.15, -0.1) is 0 Å². The summed E-state index contributed by atoms with van der Waals surface area (Å²) in [7, 11) is 5.69. The first-order valence-corrected chi connectivity index (χ1v) is 16.0. The summed E-state index contributed by atoms with van der Waals surface area (Å²) in [5.74, 6) is -2.66. The zero-order chi connectivity index (χ0) is 38.2. The maximum atomic E-state index is 11.5. The van der Waals surface area contributed by atoms with Crippen LogP contribution in [0.4, 0.5) is 0 Å². The number of aliphatic imine (C=N–C) groups is 2.